The van der Waals surface area contributed by atoms with Crippen molar-refractivity contribution in [3.63, 3.8) is 0 Å². The minimum atomic E-state index is -1.48. The van der Waals surface area contributed by atoms with Crippen molar-refractivity contribution in [2.24, 2.45) is 0 Å². The first-order valence-electron chi connectivity index (χ1n) is 5.82. The molecular formula is C13H12N2O3S2. The van der Waals surface area contributed by atoms with Crippen molar-refractivity contribution in [1.29, 1.82) is 5.26 Å². The number of allylic oxidation sites excluding steroid dienone is 2. The second-order valence-corrected chi connectivity index (χ2v) is 5.39. The second kappa shape index (κ2) is 6.50. The van der Waals surface area contributed by atoms with Gasteiger partial charge < -0.3 is 13.6 Å². The summed E-state index contributed by atoms with van der Waals surface area (Å²) in [6.45, 7) is 0. The van der Waals surface area contributed by atoms with Crippen molar-refractivity contribution >= 4 is 34.4 Å². The number of oxazole rings is 1. The van der Waals surface area contributed by atoms with E-state index < -0.39 is 11.1 Å². The highest BCUT2D eigenvalue weighted by molar-refractivity contribution is 7.79. The number of rotatable bonds is 5. The van der Waals surface area contributed by atoms with Gasteiger partial charge in [-0.2, -0.15) is 5.26 Å². The maximum Gasteiger partial charge on any atom is 0.266 e. The van der Waals surface area contributed by atoms with E-state index in [1.165, 1.54) is 6.26 Å². The SMILES string of the molecule is CS(=O)OC(C#N)=CCCc1ccc2oc(=S)[nH]c2c1. The Balaban J connectivity index is 2.05. The molecule has 0 aliphatic carbocycles. The van der Waals surface area contributed by atoms with E-state index in [1.54, 1.807) is 6.08 Å². The Morgan fingerprint density at radius 1 is 1.65 bits per heavy atom. The van der Waals surface area contributed by atoms with E-state index in [0.717, 1.165) is 23.1 Å². The number of aromatic nitrogens is 1. The molecular weight excluding hydrogens is 296 g/mol. The molecule has 1 heterocycles. The average molecular weight is 308 g/mol. The van der Waals surface area contributed by atoms with E-state index in [-0.39, 0.29) is 5.76 Å². The Morgan fingerprint density at radius 3 is 3.15 bits per heavy atom. The number of hydrogen-bond donors (Lipinski definition) is 1. The lowest BCUT2D eigenvalue weighted by molar-refractivity contribution is 0.478. The van der Waals surface area contributed by atoms with Gasteiger partial charge in [-0.3, -0.25) is 0 Å². The predicted octanol–water partition coefficient (Wildman–Crippen LogP) is 3.14. The molecule has 0 saturated heterocycles. The highest BCUT2D eigenvalue weighted by Crippen LogP contribution is 2.16. The molecule has 20 heavy (non-hydrogen) atoms. The molecule has 1 aromatic heterocycles. The molecule has 7 heteroatoms. The van der Waals surface area contributed by atoms with Crippen LogP contribution in [-0.4, -0.2) is 15.4 Å². The first-order chi connectivity index (χ1) is 9.58. The quantitative estimate of drug-likeness (QED) is 0.521. The Kier molecular flexibility index (Phi) is 4.71. The van der Waals surface area contributed by atoms with Crippen LogP contribution >= 0.6 is 12.2 Å². The second-order valence-electron chi connectivity index (χ2n) is 4.05. The summed E-state index contributed by atoms with van der Waals surface area (Å²) in [5, 5.41) is 8.81. The molecule has 1 unspecified atom stereocenters. The number of aryl methyl sites for hydroxylation is 1. The van der Waals surface area contributed by atoms with Gasteiger partial charge in [0.2, 0.25) is 16.8 Å². The van der Waals surface area contributed by atoms with E-state index >= 15 is 0 Å². The van der Waals surface area contributed by atoms with Crippen molar-refractivity contribution in [3.05, 3.63) is 40.4 Å². The molecule has 2 rings (SSSR count). The summed E-state index contributed by atoms with van der Waals surface area (Å²) < 4.78 is 21.0. The summed E-state index contributed by atoms with van der Waals surface area (Å²) >= 11 is 3.44. The lowest BCUT2D eigenvalue weighted by Gasteiger charge is -2.00. The van der Waals surface area contributed by atoms with Crippen LogP contribution in [0.1, 0.15) is 12.0 Å². The summed E-state index contributed by atoms with van der Waals surface area (Å²) in [7, 11) is 0. The van der Waals surface area contributed by atoms with E-state index in [9.17, 15) is 4.21 Å². The summed E-state index contributed by atoms with van der Waals surface area (Å²) in [5.41, 5.74) is 2.65. The van der Waals surface area contributed by atoms with Crippen LogP contribution in [0.5, 0.6) is 0 Å². The van der Waals surface area contributed by atoms with E-state index in [0.29, 0.717) is 11.3 Å². The van der Waals surface area contributed by atoms with E-state index in [2.05, 4.69) is 4.98 Å². The van der Waals surface area contributed by atoms with Gasteiger partial charge in [0.05, 0.1) is 5.52 Å². The maximum atomic E-state index is 10.9. The monoisotopic (exact) mass is 308 g/mol. The third-order valence-electron chi connectivity index (χ3n) is 2.56. The standard InChI is InChI=1S/C13H12N2O3S2/c1-20(16)18-10(8-14)4-2-3-9-5-6-12-11(7-9)15-13(19)17-12/h4-7H,2-3H2,1H3,(H,15,19). The lowest BCUT2D eigenvalue weighted by atomic mass is 10.1. The van der Waals surface area contributed by atoms with E-state index in [4.69, 9.17) is 26.1 Å². The molecule has 0 amide bonds. The van der Waals surface area contributed by atoms with Crippen LogP contribution in [0.3, 0.4) is 0 Å². The molecule has 0 saturated carbocycles. The Morgan fingerprint density at radius 2 is 2.45 bits per heavy atom. The van der Waals surface area contributed by atoms with Crippen molar-refractivity contribution in [1.82, 2.24) is 4.98 Å². The van der Waals surface area contributed by atoms with Crippen LogP contribution in [-0.2, 0) is 21.7 Å². The van der Waals surface area contributed by atoms with Gasteiger partial charge in [-0.15, -0.1) is 0 Å². The summed E-state index contributed by atoms with van der Waals surface area (Å²) in [6, 6.07) is 7.60. The van der Waals surface area contributed by atoms with Gasteiger partial charge in [-0.1, -0.05) is 6.07 Å². The third-order valence-corrected chi connectivity index (χ3v) is 3.16. The minimum Gasteiger partial charge on any atom is -0.429 e. The molecule has 0 radical (unpaired) electrons. The van der Waals surface area contributed by atoms with E-state index in [1.807, 2.05) is 24.3 Å². The molecule has 0 aliphatic rings. The molecule has 1 N–H and O–H groups in total. The zero-order valence-electron chi connectivity index (χ0n) is 10.7. The van der Waals surface area contributed by atoms with Crippen LogP contribution in [0.2, 0.25) is 0 Å². The first kappa shape index (κ1) is 14.5. The van der Waals surface area contributed by atoms with Crippen LogP contribution < -0.4 is 0 Å². The number of benzene rings is 1. The number of fused-ring (bicyclic) bond motifs is 1. The largest absolute Gasteiger partial charge is 0.429 e. The highest BCUT2D eigenvalue weighted by atomic mass is 32.2. The predicted molar refractivity (Wildman–Crippen MR) is 78.6 cm³/mol. The fraction of sp³-hybridized carbons (Fsp3) is 0.231. The summed E-state index contributed by atoms with van der Waals surface area (Å²) in [5.74, 6) is 0.0784. The minimum absolute atomic E-state index is 0.0784. The Labute approximate surface area is 123 Å². The van der Waals surface area contributed by atoms with Gasteiger partial charge in [0, 0.05) is 6.26 Å². The van der Waals surface area contributed by atoms with Crippen LogP contribution in [0, 0.1) is 16.2 Å². The summed E-state index contributed by atoms with van der Waals surface area (Å²) in [6.07, 6.45) is 4.35. The molecule has 1 atom stereocenters. The number of nitrogens with zero attached hydrogens (tertiary/aromatic N) is 1. The van der Waals surface area contributed by atoms with Gasteiger partial charge in [0.1, 0.15) is 6.07 Å². The fourth-order valence-corrected chi connectivity index (χ4v) is 2.31. The Bertz CT molecular complexity index is 768. The van der Waals surface area contributed by atoms with Gasteiger partial charge in [-0.05, 0) is 48.8 Å². The first-order valence-corrected chi connectivity index (χ1v) is 7.71. The number of H-pyrrole nitrogens is 1. The van der Waals surface area contributed by atoms with Gasteiger partial charge >= 0.3 is 0 Å². The van der Waals surface area contributed by atoms with Crippen molar-refractivity contribution in [2.45, 2.75) is 12.8 Å². The fourth-order valence-electron chi connectivity index (χ4n) is 1.75. The zero-order valence-corrected chi connectivity index (χ0v) is 12.3. The van der Waals surface area contributed by atoms with Gasteiger partial charge in [0.25, 0.3) is 4.84 Å². The molecule has 1 aromatic carbocycles. The normalized spacial score (nSPS) is 13.1. The van der Waals surface area contributed by atoms with Gasteiger partial charge in [-0.25, -0.2) is 4.21 Å². The Hall–Kier alpha value is -1.91. The van der Waals surface area contributed by atoms with Crippen molar-refractivity contribution in [2.75, 3.05) is 6.26 Å². The maximum absolute atomic E-state index is 10.9. The smallest absolute Gasteiger partial charge is 0.266 e. The van der Waals surface area contributed by atoms with Crippen molar-refractivity contribution in [3.8, 4) is 6.07 Å². The topological polar surface area (TPSA) is 79.0 Å². The van der Waals surface area contributed by atoms with Crippen molar-refractivity contribution < 1.29 is 12.8 Å². The molecule has 2 aromatic rings. The molecule has 0 spiro atoms. The number of aromatic amines is 1. The summed E-state index contributed by atoms with van der Waals surface area (Å²) in [4.78, 5) is 3.30. The van der Waals surface area contributed by atoms with Gasteiger partial charge in [0.15, 0.2) is 5.58 Å². The lowest BCUT2D eigenvalue weighted by Crippen LogP contribution is -1.93. The molecule has 104 valence electrons. The van der Waals surface area contributed by atoms with Crippen LogP contribution in [0.25, 0.3) is 11.1 Å². The average Bonchev–Trinajstić information content (AvgIpc) is 2.76. The van der Waals surface area contributed by atoms with Crippen LogP contribution in [0.4, 0.5) is 0 Å². The van der Waals surface area contributed by atoms with Crippen LogP contribution in [0.15, 0.2) is 34.5 Å². The molecule has 0 bridgehead atoms. The molecule has 0 fully saturated rings. The zero-order chi connectivity index (χ0) is 14.5. The number of nitrogens with one attached hydrogen (secondary N) is 1. The molecule has 0 aliphatic heterocycles. The highest BCUT2D eigenvalue weighted by Gasteiger charge is 2.02. The number of nitriles is 1. The molecule has 5 nitrogen and oxygen atoms in total. The number of hydrogen-bond acceptors (Lipinski definition) is 5. The third kappa shape index (κ3) is 3.79.